The second-order valence-corrected chi connectivity index (χ2v) is 5.03. The molecule has 0 radical (unpaired) electrons. The van der Waals surface area contributed by atoms with Gasteiger partial charge in [0, 0.05) is 12.2 Å². The van der Waals surface area contributed by atoms with E-state index in [1.165, 1.54) is 0 Å². The second kappa shape index (κ2) is 6.17. The van der Waals surface area contributed by atoms with Crippen molar-refractivity contribution in [3.8, 4) is 5.69 Å². The minimum absolute atomic E-state index is 0.261. The van der Waals surface area contributed by atoms with Crippen LogP contribution in [0, 0.1) is 6.92 Å². The van der Waals surface area contributed by atoms with Gasteiger partial charge in [0.15, 0.2) is 0 Å². The fourth-order valence-electron chi connectivity index (χ4n) is 1.83. The van der Waals surface area contributed by atoms with Crippen molar-refractivity contribution in [2.45, 2.75) is 33.2 Å². The van der Waals surface area contributed by atoms with Crippen LogP contribution < -0.4 is 5.32 Å². The molecule has 2 aromatic heterocycles. The standard InChI is InChI=1S/C14H19ClN4/c1-4-7-16-11(3)14-6-5-12(8-17-14)19-9-13(15)10(2)18-19/h5-6,8-9,11,16H,4,7H2,1-3H3. The Labute approximate surface area is 118 Å². The molecule has 19 heavy (non-hydrogen) atoms. The topological polar surface area (TPSA) is 42.7 Å². The molecule has 0 aliphatic carbocycles. The van der Waals surface area contributed by atoms with Gasteiger partial charge in [0.05, 0.1) is 28.3 Å². The van der Waals surface area contributed by atoms with E-state index >= 15 is 0 Å². The molecule has 0 saturated heterocycles. The first-order valence-electron chi connectivity index (χ1n) is 6.53. The quantitative estimate of drug-likeness (QED) is 0.913. The SMILES string of the molecule is CCCNC(C)c1ccc(-n2cc(Cl)c(C)n2)cn1. The Bertz CT molecular complexity index is 513. The summed E-state index contributed by atoms with van der Waals surface area (Å²) in [7, 11) is 0. The van der Waals surface area contributed by atoms with Crippen LogP contribution >= 0.6 is 11.6 Å². The molecule has 1 unspecified atom stereocenters. The number of nitrogens with zero attached hydrogens (tertiary/aromatic N) is 3. The first-order valence-corrected chi connectivity index (χ1v) is 6.91. The summed E-state index contributed by atoms with van der Waals surface area (Å²) >= 11 is 6.00. The summed E-state index contributed by atoms with van der Waals surface area (Å²) in [6.07, 6.45) is 4.74. The molecule has 2 rings (SSSR count). The smallest absolute Gasteiger partial charge is 0.0829 e. The van der Waals surface area contributed by atoms with Crippen molar-refractivity contribution in [3.05, 3.63) is 40.9 Å². The lowest BCUT2D eigenvalue weighted by molar-refractivity contribution is 0.558. The van der Waals surface area contributed by atoms with Crippen molar-refractivity contribution in [1.82, 2.24) is 20.1 Å². The molecule has 0 amide bonds. The minimum atomic E-state index is 0.261. The summed E-state index contributed by atoms with van der Waals surface area (Å²) in [6, 6.07) is 4.29. The molecule has 4 nitrogen and oxygen atoms in total. The zero-order valence-electron chi connectivity index (χ0n) is 11.5. The van der Waals surface area contributed by atoms with Crippen LogP contribution in [0.25, 0.3) is 5.69 Å². The van der Waals surface area contributed by atoms with Gasteiger partial charge >= 0.3 is 0 Å². The Morgan fingerprint density at radius 1 is 1.42 bits per heavy atom. The average Bonchev–Trinajstić information content (AvgIpc) is 2.76. The van der Waals surface area contributed by atoms with E-state index in [4.69, 9.17) is 11.6 Å². The van der Waals surface area contributed by atoms with Crippen LogP contribution in [0.4, 0.5) is 0 Å². The number of rotatable bonds is 5. The van der Waals surface area contributed by atoms with E-state index < -0.39 is 0 Å². The van der Waals surface area contributed by atoms with E-state index in [0.717, 1.165) is 30.0 Å². The summed E-state index contributed by atoms with van der Waals surface area (Å²) in [5.74, 6) is 0. The summed E-state index contributed by atoms with van der Waals surface area (Å²) in [5.41, 5.74) is 2.78. The largest absolute Gasteiger partial charge is 0.309 e. The van der Waals surface area contributed by atoms with Crippen LogP contribution in [-0.2, 0) is 0 Å². The lowest BCUT2D eigenvalue weighted by atomic mass is 10.2. The number of aryl methyl sites for hydroxylation is 1. The maximum Gasteiger partial charge on any atom is 0.0829 e. The summed E-state index contributed by atoms with van der Waals surface area (Å²) < 4.78 is 1.75. The van der Waals surface area contributed by atoms with Gasteiger partial charge in [-0.25, -0.2) is 4.68 Å². The molecular formula is C14H19ClN4. The van der Waals surface area contributed by atoms with Crippen molar-refractivity contribution in [2.75, 3.05) is 6.54 Å². The monoisotopic (exact) mass is 278 g/mol. The highest BCUT2D eigenvalue weighted by atomic mass is 35.5. The molecular weight excluding hydrogens is 260 g/mol. The lowest BCUT2D eigenvalue weighted by Crippen LogP contribution is -2.20. The van der Waals surface area contributed by atoms with E-state index in [1.807, 2.05) is 25.3 Å². The third-order valence-electron chi connectivity index (χ3n) is 3.02. The maximum atomic E-state index is 6.00. The summed E-state index contributed by atoms with van der Waals surface area (Å²) in [5, 5.41) is 8.42. The van der Waals surface area contributed by atoms with Crippen LogP contribution in [0.15, 0.2) is 24.5 Å². The molecule has 5 heteroatoms. The van der Waals surface area contributed by atoms with Crippen LogP contribution in [0.1, 0.15) is 37.7 Å². The highest BCUT2D eigenvalue weighted by Crippen LogP contribution is 2.17. The van der Waals surface area contributed by atoms with Crippen LogP contribution in [-0.4, -0.2) is 21.3 Å². The van der Waals surface area contributed by atoms with Crippen molar-refractivity contribution >= 4 is 11.6 Å². The van der Waals surface area contributed by atoms with Gasteiger partial charge in [-0.2, -0.15) is 5.10 Å². The first kappa shape index (κ1) is 14.0. The molecule has 0 fully saturated rings. The van der Waals surface area contributed by atoms with Crippen LogP contribution in [0.3, 0.4) is 0 Å². The van der Waals surface area contributed by atoms with Crippen molar-refractivity contribution in [3.63, 3.8) is 0 Å². The molecule has 1 atom stereocenters. The molecule has 0 aromatic carbocycles. The normalized spacial score (nSPS) is 12.6. The minimum Gasteiger partial charge on any atom is -0.309 e. The fraction of sp³-hybridized carbons (Fsp3) is 0.429. The zero-order chi connectivity index (χ0) is 13.8. The van der Waals surface area contributed by atoms with Crippen LogP contribution in [0.5, 0.6) is 0 Å². The maximum absolute atomic E-state index is 6.00. The molecule has 2 heterocycles. The van der Waals surface area contributed by atoms with Gasteiger partial charge in [-0.1, -0.05) is 18.5 Å². The molecule has 102 valence electrons. The number of hydrogen-bond acceptors (Lipinski definition) is 3. The molecule has 2 aromatic rings. The summed E-state index contributed by atoms with van der Waals surface area (Å²) in [6.45, 7) is 7.16. The Balaban J connectivity index is 2.14. The summed E-state index contributed by atoms with van der Waals surface area (Å²) in [4.78, 5) is 4.48. The van der Waals surface area contributed by atoms with Gasteiger partial charge in [0.2, 0.25) is 0 Å². The lowest BCUT2D eigenvalue weighted by Gasteiger charge is -2.12. The highest BCUT2D eigenvalue weighted by Gasteiger charge is 2.07. The number of pyridine rings is 1. The van der Waals surface area contributed by atoms with Gasteiger partial charge in [0.25, 0.3) is 0 Å². The first-order chi connectivity index (χ1) is 9.11. The number of halogens is 1. The highest BCUT2D eigenvalue weighted by molar-refractivity contribution is 6.31. The van der Waals surface area contributed by atoms with Crippen molar-refractivity contribution in [1.29, 1.82) is 0 Å². The number of aromatic nitrogens is 3. The third kappa shape index (κ3) is 3.33. The van der Waals surface area contributed by atoms with E-state index in [1.54, 1.807) is 10.9 Å². The van der Waals surface area contributed by atoms with Crippen LogP contribution in [0.2, 0.25) is 5.02 Å². The van der Waals surface area contributed by atoms with E-state index in [2.05, 4.69) is 29.2 Å². The predicted octanol–water partition coefficient (Wildman–Crippen LogP) is 3.29. The van der Waals surface area contributed by atoms with E-state index in [0.29, 0.717) is 5.02 Å². The van der Waals surface area contributed by atoms with Gasteiger partial charge in [-0.3, -0.25) is 4.98 Å². The Morgan fingerprint density at radius 3 is 2.74 bits per heavy atom. The Morgan fingerprint density at radius 2 is 2.21 bits per heavy atom. The molecule has 0 bridgehead atoms. The van der Waals surface area contributed by atoms with Gasteiger partial charge in [-0.05, 0) is 38.9 Å². The van der Waals surface area contributed by atoms with Crippen molar-refractivity contribution < 1.29 is 0 Å². The fourth-order valence-corrected chi connectivity index (χ4v) is 1.96. The molecule has 0 spiro atoms. The number of hydrogen-bond donors (Lipinski definition) is 1. The van der Waals surface area contributed by atoms with Gasteiger partial charge < -0.3 is 5.32 Å². The Hall–Kier alpha value is -1.39. The van der Waals surface area contributed by atoms with Gasteiger partial charge in [0.1, 0.15) is 0 Å². The molecule has 1 N–H and O–H groups in total. The molecule has 0 aliphatic rings. The zero-order valence-corrected chi connectivity index (χ0v) is 12.3. The van der Waals surface area contributed by atoms with Crippen molar-refractivity contribution in [2.24, 2.45) is 0 Å². The van der Waals surface area contributed by atoms with Gasteiger partial charge in [-0.15, -0.1) is 0 Å². The second-order valence-electron chi connectivity index (χ2n) is 4.62. The van der Waals surface area contributed by atoms with E-state index in [-0.39, 0.29) is 6.04 Å². The third-order valence-corrected chi connectivity index (χ3v) is 3.39. The predicted molar refractivity (Wildman–Crippen MR) is 77.8 cm³/mol. The number of nitrogens with one attached hydrogen (secondary N) is 1. The average molecular weight is 279 g/mol. The molecule has 0 aliphatic heterocycles. The van der Waals surface area contributed by atoms with E-state index in [9.17, 15) is 0 Å². The Kier molecular flexibility index (Phi) is 4.56. The molecule has 0 saturated carbocycles.